The lowest BCUT2D eigenvalue weighted by Gasteiger charge is -2.11. The number of nitrogens with zero attached hydrogens (tertiary/aromatic N) is 3. The predicted octanol–water partition coefficient (Wildman–Crippen LogP) is 2.43. The van der Waals surface area contributed by atoms with Crippen molar-refractivity contribution in [3.63, 3.8) is 0 Å². The van der Waals surface area contributed by atoms with Gasteiger partial charge in [-0.05, 0) is 31.0 Å². The van der Waals surface area contributed by atoms with Gasteiger partial charge in [0.05, 0.1) is 13.2 Å². The summed E-state index contributed by atoms with van der Waals surface area (Å²) in [5.74, 6) is 1.48. The molecular weight excluding hydrogens is 302 g/mol. The summed E-state index contributed by atoms with van der Waals surface area (Å²) in [6.07, 6.45) is 6.91. The lowest BCUT2D eigenvalue weighted by molar-refractivity contribution is 0.305. The Morgan fingerprint density at radius 3 is 2.71 bits per heavy atom. The van der Waals surface area contributed by atoms with Crippen LogP contribution in [0.3, 0.4) is 0 Å². The molecule has 6 heteroatoms. The first-order valence-electron chi connectivity index (χ1n) is 8.52. The van der Waals surface area contributed by atoms with Gasteiger partial charge in [-0.15, -0.1) is 0 Å². The van der Waals surface area contributed by atoms with E-state index in [1.165, 1.54) is 0 Å². The Labute approximate surface area is 144 Å². The Balaban J connectivity index is 1.82. The van der Waals surface area contributed by atoms with Gasteiger partial charge in [0.2, 0.25) is 5.88 Å². The van der Waals surface area contributed by atoms with Crippen LogP contribution in [0.25, 0.3) is 0 Å². The van der Waals surface area contributed by atoms with Gasteiger partial charge in [-0.25, -0.2) is 9.98 Å². The van der Waals surface area contributed by atoms with Crippen molar-refractivity contribution in [1.82, 2.24) is 20.2 Å². The quantitative estimate of drug-likeness (QED) is 0.548. The highest BCUT2D eigenvalue weighted by Crippen LogP contribution is 2.08. The standard InChI is InChI=1S/C18H27N5O/c1-3-13-24-17-8-7-16(14-21-17)15-22-18(19-4-2)20-9-12-23-10-5-6-11-23/h5-8,10-11,14H,3-4,9,12-13,15H2,1-2H3,(H2,19,20,22). The van der Waals surface area contributed by atoms with Gasteiger partial charge in [0, 0.05) is 44.3 Å². The zero-order valence-electron chi connectivity index (χ0n) is 14.5. The third-order valence-corrected chi connectivity index (χ3v) is 3.34. The SMILES string of the molecule is CCCOc1ccc(CN=C(NCC)NCCn2cccc2)cn1. The molecule has 2 N–H and O–H groups in total. The summed E-state index contributed by atoms with van der Waals surface area (Å²) in [5.41, 5.74) is 1.06. The van der Waals surface area contributed by atoms with Crippen LogP contribution in [-0.2, 0) is 13.1 Å². The van der Waals surface area contributed by atoms with Gasteiger partial charge >= 0.3 is 0 Å². The van der Waals surface area contributed by atoms with Crippen molar-refractivity contribution < 1.29 is 4.74 Å². The van der Waals surface area contributed by atoms with E-state index < -0.39 is 0 Å². The predicted molar refractivity (Wildman–Crippen MR) is 97.3 cm³/mol. The molecule has 0 fully saturated rings. The number of aromatic nitrogens is 2. The molecule has 2 aromatic heterocycles. The van der Waals surface area contributed by atoms with Crippen molar-refractivity contribution in [2.45, 2.75) is 33.4 Å². The van der Waals surface area contributed by atoms with E-state index in [9.17, 15) is 0 Å². The molecular formula is C18H27N5O. The summed E-state index contributed by atoms with van der Waals surface area (Å²) in [5, 5.41) is 6.60. The number of hydrogen-bond acceptors (Lipinski definition) is 3. The van der Waals surface area contributed by atoms with Crippen LogP contribution in [0, 0.1) is 0 Å². The molecule has 0 spiro atoms. The number of pyridine rings is 1. The van der Waals surface area contributed by atoms with E-state index >= 15 is 0 Å². The van der Waals surface area contributed by atoms with Crippen molar-refractivity contribution >= 4 is 5.96 Å². The molecule has 0 unspecified atom stereocenters. The number of guanidine groups is 1. The number of nitrogens with one attached hydrogen (secondary N) is 2. The highest BCUT2D eigenvalue weighted by atomic mass is 16.5. The fourth-order valence-corrected chi connectivity index (χ4v) is 2.13. The third-order valence-electron chi connectivity index (χ3n) is 3.34. The normalized spacial score (nSPS) is 11.3. The maximum atomic E-state index is 5.49. The van der Waals surface area contributed by atoms with E-state index in [4.69, 9.17) is 4.74 Å². The van der Waals surface area contributed by atoms with E-state index in [1.807, 2.05) is 30.5 Å². The Kier molecular flexibility index (Phi) is 7.67. The second-order valence-electron chi connectivity index (χ2n) is 5.40. The summed E-state index contributed by atoms with van der Waals surface area (Å²) in [4.78, 5) is 8.90. The Hall–Kier alpha value is -2.50. The molecule has 0 aromatic carbocycles. The molecule has 2 heterocycles. The topological polar surface area (TPSA) is 63.5 Å². The van der Waals surface area contributed by atoms with E-state index in [-0.39, 0.29) is 0 Å². The van der Waals surface area contributed by atoms with Crippen LogP contribution in [0.4, 0.5) is 0 Å². The van der Waals surface area contributed by atoms with Gasteiger partial charge in [-0.3, -0.25) is 0 Å². The van der Waals surface area contributed by atoms with Crippen LogP contribution in [-0.4, -0.2) is 35.2 Å². The molecule has 0 aliphatic carbocycles. The summed E-state index contributed by atoms with van der Waals surface area (Å²) in [6.45, 7) is 7.97. The first-order valence-corrected chi connectivity index (χ1v) is 8.52. The van der Waals surface area contributed by atoms with E-state index in [2.05, 4.69) is 51.4 Å². The molecule has 0 bridgehead atoms. The summed E-state index contributed by atoms with van der Waals surface area (Å²) in [7, 11) is 0. The molecule has 0 radical (unpaired) electrons. The second kappa shape index (κ2) is 10.3. The van der Waals surface area contributed by atoms with Crippen LogP contribution < -0.4 is 15.4 Å². The van der Waals surface area contributed by atoms with Crippen LogP contribution in [0.1, 0.15) is 25.8 Å². The van der Waals surface area contributed by atoms with Gasteiger partial charge in [0.25, 0.3) is 0 Å². The van der Waals surface area contributed by atoms with Crippen LogP contribution >= 0.6 is 0 Å². The number of ether oxygens (including phenoxy) is 1. The largest absolute Gasteiger partial charge is 0.478 e. The molecule has 24 heavy (non-hydrogen) atoms. The van der Waals surface area contributed by atoms with Gasteiger partial charge in [-0.2, -0.15) is 0 Å². The fraction of sp³-hybridized carbons (Fsp3) is 0.444. The first kappa shape index (κ1) is 17.8. The van der Waals surface area contributed by atoms with Gasteiger partial charge in [0.1, 0.15) is 0 Å². The third kappa shape index (κ3) is 6.32. The summed E-state index contributed by atoms with van der Waals surface area (Å²) in [6, 6.07) is 7.96. The van der Waals surface area contributed by atoms with Crippen LogP contribution in [0.15, 0.2) is 47.8 Å². The van der Waals surface area contributed by atoms with Crippen LogP contribution in [0.5, 0.6) is 5.88 Å². The average Bonchev–Trinajstić information content (AvgIpc) is 3.12. The van der Waals surface area contributed by atoms with E-state index in [1.54, 1.807) is 0 Å². The maximum absolute atomic E-state index is 5.49. The molecule has 130 valence electrons. The molecule has 0 atom stereocenters. The number of hydrogen-bond donors (Lipinski definition) is 2. The van der Waals surface area contributed by atoms with E-state index in [0.717, 1.165) is 37.6 Å². The van der Waals surface area contributed by atoms with E-state index in [0.29, 0.717) is 19.0 Å². The fourth-order valence-electron chi connectivity index (χ4n) is 2.13. The Bertz CT molecular complexity index is 592. The molecule has 0 saturated carbocycles. The van der Waals surface area contributed by atoms with Crippen molar-refractivity contribution in [1.29, 1.82) is 0 Å². The van der Waals surface area contributed by atoms with Crippen molar-refractivity contribution in [2.75, 3.05) is 19.7 Å². The van der Waals surface area contributed by atoms with Crippen molar-refractivity contribution in [3.8, 4) is 5.88 Å². The van der Waals surface area contributed by atoms with Gasteiger partial charge in [0.15, 0.2) is 5.96 Å². The second-order valence-corrected chi connectivity index (χ2v) is 5.40. The van der Waals surface area contributed by atoms with Crippen molar-refractivity contribution in [3.05, 3.63) is 48.4 Å². The zero-order valence-corrected chi connectivity index (χ0v) is 14.5. The maximum Gasteiger partial charge on any atom is 0.213 e. The first-order chi connectivity index (χ1) is 11.8. The Morgan fingerprint density at radius 1 is 1.21 bits per heavy atom. The lowest BCUT2D eigenvalue weighted by atomic mass is 10.3. The smallest absolute Gasteiger partial charge is 0.213 e. The lowest BCUT2D eigenvalue weighted by Crippen LogP contribution is -2.38. The zero-order chi connectivity index (χ0) is 17.0. The number of aliphatic imine (C=N–C) groups is 1. The average molecular weight is 329 g/mol. The molecule has 0 aliphatic rings. The molecule has 0 saturated heterocycles. The Morgan fingerprint density at radius 2 is 2.04 bits per heavy atom. The summed E-state index contributed by atoms with van der Waals surface area (Å²) < 4.78 is 7.62. The van der Waals surface area contributed by atoms with Gasteiger partial charge in [-0.1, -0.05) is 13.0 Å². The van der Waals surface area contributed by atoms with Crippen LogP contribution in [0.2, 0.25) is 0 Å². The molecule has 6 nitrogen and oxygen atoms in total. The summed E-state index contributed by atoms with van der Waals surface area (Å²) >= 11 is 0. The van der Waals surface area contributed by atoms with Gasteiger partial charge < -0.3 is 19.9 Å². The monoisotopic (exact) mass is 329 g/mol. The minimum atomic E-state index is 0.583. The minimum Gasteiger partial charge on any atom is -0.478 e. The highest BCUT2D eigenvalue weighted by molar-refractivity contribution is 5.79. The highest BCUT2D eigenvalue weighted by Gasteiger charge is 1.99. The molecule has 2 aromatic rings. The molecule has 0 amide bonds. The van der Waals surface area contributed by atoms with Crippen molar-refractivity contribution in [2.24, 2.45) is 4.99 Å². The minimum absolute atomic E-state index is 0.583. The molecule has 2 rings (SSSR count). The number of rotatable bonds is 9. The molecule has 0 aliphatic heterocycles.